The minimum absolute atomic E-state index is 0.000859. The van der Waals surface area contributed by atoms with E-state index in [4.69, 9.17) is 9.15 Å². The first kappa shape index (κ1) is 13.5. The minimum Gasteiger partial charge on any atom is -0.438 e. The monoisotopic (exact) mass is 316 g/mol. The second-order valence-corrected chi connectivity index (χ2v) is 5.75. The maximum Gasteiger partial charge on any atom is 0.291 e. The summed E-state index contributed by atoms with van der Waals surface area (Å²) in [6, 6.07) is 0. The summed E-state index contributed by atoms with van der Waals surface area (Å²) in [7, 11) is 0. The average Bonchev–Trinajstić information content (AvgIpc) is 2.72. The molecule has 0 bridgehead atoms. The number of hydrogen-bond acceptors (Lipinski definition) is 4. The summed E-state index contributed by atoms with van der Waals surface area (Å²) in [6.07, 6.45) is 1.30. The van der Waals surface area contributed by atoms with Gasteiger partial charge in [0.15, 0.2) is 6.39 Å². The summed E-state index contributed by atoms with van der Waals surface area (Å²) in [5.41, 5.74) is 0.278. The number of aryl methyl sites for hydroxylation is 1. The van der Waals surface area contributed by atoms with Crippen molar-refractivity contribution in [1.82, 2.24) is 9.88 Å². The Hall–Kier alpha value is -0.880. The van der Waals surface area contributed by atoms with E-state index >= 15 is 0 Å². The predicted octanol–water partition coefficient (Wildman–Crippen LogP) is 2.00. The topological polar surface area (TPSA) is 55.6 Å². The van der Waals surface area contributed by atoms with E-state index in [1.165, 1.54) is 6.39 Å². The molecule has 1 unspecified atom stereocenters. The van der Waals surface area contributed by atoms with Gasteiger partial charge >= 0.3 is 0 Å². The molecule has 0 radical (unpaired) electrons. The van der Waals surface area contributed by atoms with Gasteiger partial charge in [0.05, 0.1) is 17.4 Å². The maximum absolute atomic E-state index is 12.4. The van der Waals surface area contributed by atoms with E-state index in [1.54, 1.807) is 11.8 Å². The highest BCUT2D eigenvalue weighted by Crippen LogP contribution is 2.24. The van der Waals surface area contributed by atoms with Crippen molar-refractivity contribution in [2.75, 3.05) is 18.4 Å². The van der Waals surface area contributed by atoms with Crippen molar-refractivity contribution >= 4 is 21.8 Å². The number of morpholine rings is 1. The Kier molecular flexibility index (Phi) is 3.77. The van der Waals surface area contributed by atoms with Crippen molar-refractivity contribution in [2.24, 2.45) is 0 Å². The van der Waals surface area contributed by atoms with Crippen LogP contribution in [0.15, 0.2) is 10.8 Å². The Balaban J connectivity index is 2.17. The lowest BCUT2D eigenvalue weighted by Gasteiger charge is -2.42. The summed E-state index contributed by atoms with van der Waals surface area (Å²) in [6.45, 7) is 6.85. The molecule has 1 amide bonds. The number of alkyl halides is 1. The average molecular weight is 317 g/mol. The first-order chi connectivity index (χ1) is 8.43. The molecule has 1 aromatic rings. The largest absolute Gasteiger partial charge is 0.438 e. The molecule has 0 N–H and O–H groups in total. The molecule has 0 spiro atoms. The molecule has 100 valence electrons. The lowest BCUT2D eigenvalue weighted by molar-refractivity contribution is -0.116. The van der Waals surface area contributed by atoms with Gasteiger partial charge in [0.25, 0.3) is 5.91 Å². The molecule has 1 atom stereocenters. The van der Waals surface area contributed by atoms with Gasteiger partial charge in [-0.15, -0.1) is 0 Å². The molecule has 1 aliphatic rings. The number of oxazole rings is 1. The quantitative estimate of drug-likeness (QED) is 0.783. The Morgan fingerprint density at radius 1 is 1.67 bits per heavy atom. The van der Waals surface area contributed by atoms with Crippen LogP contribution in [-0.4, -0.2) is 45.9 Å². The van der Waals surface area contributed by atoms with Gasteiger partial charge in [0, 0.05) is 18.4 Å². The second-order valence-electron chi connectivity index (χ2n) is 5.11. The molecule has 1 aliphatic heterocycles. The van der Waals surface area contributed by atoms with Gasteiger partial charge < -0.3 is 14.1 Å². The second kappa shape index (κ2) is 5.01. The van der Waals surface area contributed by atoms with Crippen LogP contribution in [0.25, 0.3) is 0 Å². The van der Waals surface area contributed by atoms with E-state index in [0.29, 0.717) is 29.9 Å². The molecule has 6 heteroatoms. The number of carbonyl (C=O) groups excluding carboxylic acids is 1. The lowest BCUT2D eigenvalue weighted by atomic mass is 10.1. The molecule has 1 aromatic heterocycles. The van der Waals surface area contributed by atoms with E-state index in [9.17, 15) is 4.79 Å². The van der Waals surface area contributed by atoms with E-state index in [0.717, 1.165) is 0 Å². The van der Waals surface area contributed by atoms with E-state index in [-0.39, 0.29) is 17.6 Å². The summed E-state index contributed by atoms with van der Waals surface area (Å²) < 4.78 is 11.0. The van der Waals surface area contributed by atoms with Crippen molar-refractivity contribution in [3.8, 4) is 0 Å². The molecule has 0 aliphatic carbocycles. The predicted molar refractivity (Wildman–Crippen MR) is 69.9 cm³/mol. The first-order valence-electron chi connectivity index (χ1n) is 5.86. The van der Waals surface area contributed by atoms with Gasteiger partial charge in [-0.25, -0.2) is 4.98 Å². The Morgan fingerprint density at radius 2 is 2.39 bits per heavy atom. The molecule has 5 nitrogen and oxygen atoms in total. The molecule has 18 heavy (non-hydrogen) atoms. The zero-order chi connectivity index (χ0) is 13.3. The Labute approximate surface area is 115 Å². The molecule has 0 saturated carbocycles. The smallest absolute Gasteiger partial charge is 0.291 e. The van der Waals surface area contributed by atoms with E-state index in [1.807, 2.05) is 13.8 Å². The van der Waals surface area contributed by atoms with Gasteiger partial charge in [-0.2, -0.15) is 0 Å². The van der Waals surface area contributed by atoms with Crippen molar-refractivity contribution < 1.29 is 13.9 Å². The third-order valence-corrected chi connectivity index (χ3v) is 3.60. The minimum atomic E-state index is -0.347. The van der Waals surface area contributed by atoms with Crippen LogP contribution >= 0.6 is 15.9 Å². The summed E-state index contributed by atoms with van der Waals surface area (Å²) in [5, 5.41) is 0.704. The number of nitrogens with zero attached hydrogens (tertiary/aromatic N) is 2. The van der Waals surface area contributed by atoms with Crippen molar-refractivity contribution in [3.63, 3.8) is 0 Å². The van der Waals surface area contributed by atoms with Crippen molar-refractivity contribution in [3.05, 3.63) is 17.8 Å². The number of amides is 1. The Morgan fingerprint density at radius 3 is 2.94 bits per heavy atom. The highest BCUT2D eigenvalue weighted by Gasteiger charge is 2.36. The van der Waals surface area contributed by atoms with Gasteiger partial charge in [-0.1, -0.05) is 15.9 Å². The van der Waals surface area contributed by atoms with Crippen molar-refractivity contribution in [1.29, 1.82) is 0 Å². The van der Waals surface area contributed by atoms with Crippen LogP contribution in [0.3, 0.4) is 0 Å². The highest BCUT2D eigenvalue weighted by atomic mass is 79.9. The summed E-state index contributed by atoms with van der Waals surface area (Å²) in [5.74, 6) is 0.202. The third-order valence-electron chi connectivity index (χ3n) is 2.88. The third kappa shape index (κ3) is 2.75. The SMILES string of the molecule is Cc1ncoc1C(=O)N1CC(CBr)OC(C)(C)C1. The number of hydrogen-bond donors (Lipinski definition) is 0. The number of aromatic nitrogens is 1. The van der Waals surface area contributed by atoms with Gasteiger partial charge in [0.2, 0.25) is 5.76 Å². The van der Waals surface area contributed by atoms with E-state index in [2.05, 4.69) is 20.9 Å². The lowest BCUT2D eigenvalue weighted by Crippen LogP contribution is -2.55. The fourth-order valence-electron chi connectivity index (χ4n) is 2.18. The molecule has 2 heterocycles. The van der Waals surface area contributed by atoms with Crippen LogP contribution in [0.2, 0.25) is 0 Å². The molecule has 2 rings (SSSR count). The number of ether oxygens (including phenoxy) is 1. The first-order valence-corrected chi connectivity index (χ1v) is 6.98. The molecule has 0 aromatic carbocycles. The fraction of sp³-hybridized carbons (Fsp3) is 0.667. The van der Waals surface area contributed by atoms with Crippen LogP contribution in [0.4, 0.5) is 0 Å². The van der Waals surface area contributed by atoms with Crippen molar-refractivity contribution in [2.45, 2.75) is 32.5 Å². The highest BCUT2D eigenvalue weighted by molar-refractivity contribution is 9.09. The van der Waals surface area contributed by atoms with Gasteiger partial charge in [-0.3, -0.25) is 4.79 Å². The standard InChI is InChI=1S/C12H17BrN2O3/c1-8-10(17-7-14-8)11(16)15-5-9(4-13)18-12(2,3)6-15/h7,9H,4-6H2,1-3H3. The van der Waals surface area contributed by atoms with Gasteiger partial charge in [-0.05, 0) is 20.8 Å². The normalized spacial score (nSPS) is 23.1. The maximum atomic E-state index is 12.4. The summed E-state index contributed by atoms with van der Waals surface area (Å²) in [4.78, 5) is 18.1. The van der Waals surface area contributed by atoms with Crippen LogP contribution in [0.1, 0.15) is 30.1 Å². The zero-order valence-electron chi connectivity index (χ0n) is 10.8. The fourth-order valence-corrected chi connectivity index (χ4v) is 2.52. The zero-order valence-corrected chi connectivity index (χ0v) is 12.4. The molecule has 1 saturated heterocycles. The van der Waals surface area contributed by atoms with Crippen LogP contribution in [-0.2, 0) is 4.74 Å². The van der Waals surface area contributed by atoms with Crippen LogP contribution < -0.4 is 0 Å². The number of halogens is 1. The molecular weight excluding hydrogens is 300 g/mol. The number of rotatable bonds is 2. The summed E-state index contributed by atoms with van der Waals surface area (Å²) >= 11 is 3.40. The van der Waals surface area contributed by atoms with Crippen LogP contribution in [0, 0.1) is 6.92 Å². The Bertz CT molecular complexity index is 444. The number of carbonyl (C=O) groups is 1. The molecule has 1 fully saturated rings. The van der Waals surface area contributed by atoms with E-state index < -0.39 is 0 Å². The van der Waals surface area contributed by atoms with Crippen LogP contribution in [0.5, 0.6) is 0 Å². The van der Waals surface area contributed by atoms with Gasteiger partial charge in [0.1, 0.15) is 0 Å². The molecular formula is C12H17BrN2O3.